The van der Waals surface area contributed by atoms with Crippen LogP contribution in [0.15, 0.2) is 186 Å². The summed E-state index contributed by atoms with van der Waals surface area (Å²) in [6, 6.07) is 64.9. The Labute approximate surface area is 319 Å². The second kappa shape index (κ2) is 12.6. The van der Waals surface area contributed by atoms with Crippen LogP contribution in [0.25, 0.3) is 85.2 Å². The van der Waals surface area contributed by atoms with Crippen molar-refractivity contribution in [2.45, 2.75) is 0 Å². The lowest BCUT2D eigenvalue weighted by molar-refractivity contribution is 0.620. The van der Waals surface area contributed by atoms with Crippen LogP contribution in [0.3, 0.4) is 0 Å². The zero-order valence-corrected chi connectivity index (χ0v) is 30.6. The molecule has 54 heavy (non-hydrogen) atoms. The summed E-state index contributed by atoms with van der Waals surface area (Å²) < 4.78 is 11.6. The third-order valence-electron chi connectivity index (χ3n) is 10.3. The molecule has 0 saturated carbocycles. The van der Waals surface area contributed by atoms with E-state index in [9.17, 15) is 0 Å². The van der Waals surface area contributed by atoms with E-state index in [0.717, 1.165) is 39.1 Å². The molecule has 11 aromatic rings. The Balaban J connectivity index is 1.13. The van der Waals surface area contributed by atoms with Crippen LogP contribution in [0, 0.1) is 0 Å². The molecule has 0 bridgehead atoms. The maximum absolute atomic E-state index is 6.63. The topological polar surface area (TPSA) is 29.3 Å². The van der Waals surface area contributed by atoms with E-state index in [0.29, 0.717) is 5.89 Å². The molecule has 0 aliphatic rings. The number of hydrogen-bond donors (Lipinski definition) is 0. The normalized spacial score (nSPS) is 11.7. The van der Waals surface area contributed by atoms with Crippen LogP contribution >= 0.6 is 22.7 Å². The summed E-state index contributed by atoms with van der Waals surface area (Å²) >= 11 is 3.66. The van der Waals surface area contributed by atoms with Gasteiger partial charge in [0.05, 0.1) is 10.4 Å². The lowest BCUT2D eigenvalue weighted by Gasteiger charge is -2.26. The van der Waals surface area contributed by atoms with Gasteiger partial charge in [0.25, 0.3) is 0 Å². The highest BCUT2D eigenvalue weighted by atomic mass is 32.1. The van der Waals surface area contributed by atoms with Gasteiger partial charge in [0, 0.05) is 58.6 Å². The van der Waals surface area contributed by atoms with E-state index in [1.807, 2.05) is 40.9 Å². The van der Waals surface area contributed by atoms with E-state index in [-0.39, 0.29) is 0 Å². The second-order valence-corrected chi connectivity index (χ2v) is 15.6. The predicted octanol–water partition coefficient (Wildman–Crippen LogP) is 15.0. The number of anilines is 3. The van der Waals surface area contributed by atoms with Crippen LogP contribution in [0.4, 0.5) is 17.1 Å². The quantitative estimate of drug-likeness (QED) is 0.171. The van der Waals surface area contributed by atoms with E-state index in [1.165, 1.54) is 57.2 Å². The molecule has 0 N–H and O–H groups in total. The van der Waals surface area contributed by atoms with Crippen LogP contribution < -0.4 is 4.90 Å². The molecule has 254 valence electrons. The number of aromatic nitrogens is 1. The molecule has 5 heteroatoms. The van der Waals surface area contributed by atoms with E-state index in [4.69, 9.17) is 9.40 Å². The Hall–Kier alpha value is -6.53. The van der Waals surface area contributed by atoms with Crippen molar-refractivity contribution in [1.29, 1.82) is 0 Å². The van der Waals surface area contributed by atoms with Crippen LogP contribution in [-0.4, -0.2) is 4.98 Å². The molecule has 0 atom stereocenters. The van der Waals surface area contributed by atoms with E-state index in [2.05, 4.69) is 169 Å². The minimum Gasteiger partial charge on any atom is -0.436 e. The first kappa shape index (κ1) is 31.0. The predicted molar refractivity (Wildman–Crippen MR) is 231 cm³/mol. The third kappa shape index (κ3) is 5.05. The fourth-order valence-corrected chi connectivity index (χ4v) is 10.1. The zero-order chi connectivity index (χ0) is 35.6. The lowest BCUT2D eigenvalue weighted by atomic mass is 9.99. The van der Waals surface area contributed by atoms with E-state index < -0.39 is 0 Å². The molecule has 3 aromatic heterocycles. The standard InChI is InChI=1S/C49H30N2OS2/c1-3-12-31(13-4-1)32-22-26-35(27-23-32)51(36-28-24-33(25-29-36)37-18-11-21-44-45(37)38-16-7-9-19-42(38)53-44)40-30-41-47(50-49(52-41)34-14-5-2-6-15-34)46-39-17-8-10-20-43(39)54-48(40)46/h1-30H. The first-order valence-corrected chi connectivity index (χ1v) is 19.7. The molecule has 0 aliphatic heterocycles. The highest BCUT2D eigenvalue weighted by molar-refractivity contribution is 7.26. The molecule has 0 amide bonds. The Bertz CT molecular complexity index is 3140. The molecule has 3 heterocycles. The van der Waals surface area contributed by atoms with Gasteiger partial charge in [-0.3, -0.25) is 0 Å². The molecule has 0 unspecified atom stereocenters. The summed E-state index contributed by atoms with van der Waals surface area (Å²) in [5.74, 6) is 0.623. The fourth-order valence-electron chi connectivity index (χ4n) is 7.80. The van der Waals surface area contributed by atoms with Crippen molar-refractivity contribution in [2.75, 3.05) is 4.90 Å². The summed E-state index contributed by atoms with van der Waals surface area (Å²) in [5, 5.41) is 4.92. The van der Waals surface area contributed by atoms with Crippen LogP contribution in [0.2, 0.25) is 0 Å². The van der Waals surface area contributed by atoms with Crippen molar-refractivity contribution >= 4 is 91.2 Å². The SMILES string of the molecule is c1ccc(-c2ccc(N(c3ccc(-c4cccc5sc6ccccc6c45)cc3)c3cc4oc(-c5ccccc5)nc4c4c3sc3ccccc34)cc2)cc1. The lowest BCUT2D eigenvalue weighted by Crippen LogP contribution is -2.10. The first-order valence-electron chi connectivity index (χ1n) is 18.0. The van der Waals surface area contributed by atoms with E-state index >= 15 is 0 Å². The van der Waals surface area contributed by atoms with E-state index in [1.54, 1.807) is 0 Å². The number of rotatable bonds is 6. The van der Waals surface area contributed by atoms with Crippen LogP contribution in [-0.2, 0) is 0 Å². The summed E-state index contributed by atoms with van der Waals surface area (Å²) in [7, 11) is 0. The van der Waals surface area contributed by atoms with Crippen molar-refractivity contribution < 1.29 is 4.42 Å². The zero-order valence-electron chi connectivity index (χ0n) is 28.9. The van der Waals surface area contributed by atoms with Crippen LogP contribution in [0.5, 0.6) is 0 Å². The second-order valence-electron chi connectivity index (χ2n) is 13.5. The molecule has 0 spiro atoms. The molecular formula is C49H30N2OS2. The highest BCUT2D eigenvalue weighted by Crippen LogP contribution is 2.49. The molecule has 0 aliphatic carbocycles. The number of benzene rings is 8. The van der Waals surface area contributed by atoms with Crippen molar-refractivity contribution in [3.8, 4) is 33.7 Å². The molecule has 11 rings (SSSR count). The van der Waals surface area contributed by atoms with Gasteiger partial charge in [0.1, 0.15) is 5.52 Å². The van der Waals surface area contributed by atoms with Crippen molar-refractivity contribution in [3.05, 3.63) is 182 Å². The van der Waals surface area contributed by atoms with Crippen molar-refractivity contribution in [2.24, 2.45) is 0 Å². The molecular weight excluding hydrogens is 697 g/mol. The van der Waals surface area contributed by atoms with Crippen molar-refractivity contribution in [3.63, 3.8) is 0 Å². The largest absolute Gasteiger partial charge is 0.436 e. The summed E-state index contributed by atoms with van der Waals surface area (Å²) in [5.41, 5.74) is 10.6. The average Bonchev–Trinajstić information content (AvgIpc) is 3.96. The monoisotopic (exact) mass is 726 g/mol. The number of oxazole rings is 1. The number of hydrogen-bond acceptors (Lipinski definition) is 5. The summed E-state index contributed by atoms with van der Waals surface area (Å²) in [6.45, 7) is 0. The third-order valence-corrected chi connectivity index (χ3v) is 12.6. The minimum atomic E-state index is 0.623. The molecule has 0 radical (unpaired) electrons. The molecule has 3 nitrogen and oxygen atoms in total. The van der Waals surface area contributed by atoms with Gasteiger partial charge in [0.15, 0.2) is 5.58 Å². The Kier molecular flexibility index (Phi) is 7.22. The fraction of sp³-hybridized carbons (Fsp3) is 0. The van der Waals surface area contributed by atoms with Gasteiger partial charge >= 0.3 is 0 Å². The maximum Gasteiger partial charge on any atom is 0.227 e. The van der Waals surface area contributed by atoms with Gasteiger partial charge in [-0.1, -0.05) is 121 Å². The maximum atomic E-state index is 6.63. The summed E-state index contributed by atoms with van der Waals surface area (Å²) in [4.78, 5) is 7.51. The number of fused-ring (bicyclic) bond motifs is 8. The number of thiophene rings is 2. The molecule has 0 saturated heterocycles. The Morgan fingerprint density at radius 2 is 1.00 bits per heavy atom. The average molecular weight is 727 g/mol. The summed E-state index contributed by atoms with van der Waals surface area (Å²) in [6.07, 6.45) is 0. The number of nitrogens with zero attached hydrogens (tertiary/aromatic N) is 2. The molecule has 8 aromatic carbocycles. The van der Waals surface area contributed by atoms with Gasteiger partial charge < -0.3 is 9.32 Å². The van der Waals surface area contributed by atoms with Crippen molar-refractivity contribution in [1.82, 2.24) is 4.98 Å². The van der Waals surface area contributed by atoms with Gasteiger partial charge in [-0.25, -0.2) is 4.98 Å². The Morgan fingerprint density at radius 1 is 0.444 bits per heavy atom. The highest BCUT2D eigenvalue weighted by Gasteiger charge is 2.24. The smallest absolute Gasteiger partial charge is 0.227 e. The molecule has 0 fully saturated rings. The Morgan fingerprint density at radius 3 is 1.70 bits per heavy atom. The van der Waals surface area contributed by atoms with Gasteiger partial charge in [-0.15, -0.1) is 22.7 Å². The van der Waals surface area contributed by atoms with Gasteiger partial charge in [-0.2, -0.15) is 0 Å². The van der Waals surface area contributed by atoms with Gasteiger partial charge in [0.2, 0.25) is 5.89 Å². The first-order chi connectivity index (χ1) is 26.8. The van der Waals surface area contributed by atoms with Crippen LogP contribution in [0.1, 0.15) is 0 Å². The minimum absolute atomic E-state index is 0.623. The van der Waals surface area contributed by atoms with Gasteiger partial charge in [-0.05, 0) is 76.9 Å².